The number of carbonyl (C=O) groups excluding carboxylic acids is 1. The number of ether oxygens (including phenoxy) is 2. The van der Waals surface area contributed by atoms with Crippen LogP contribution in [-0.2, 0) is 24.9 Å². The van der Waals surface area contributed by atoms with Crippen LogP contribution in [-0.4, -0.2) is 22.1 Å². The first-order valence-corrected chi connectivity index (χ1v) is 9.35. The molecule has 3 rings (SSSR count). The van der Waals surface area contributed by atoms with Crippen LogP contribution in [0.15, 0.2) is 60.9 Å². The summed E-state index contributed by atoms with van der Waals surface area (Å²) in [6.45, 7) is 2.96. The van der Waals surface area contributed by atoms with Gasteiger partial charge in [-0.3, -0.25) is 4.79 Å². The van der Waals surface area contributed by atoms with Gasteiger partial charge in [0.2, 0.25) is 5.91 Å². The Morgan fingerprint density at radius 1 is 1.11 bits per heavy atom. The van der Waals surface area contributed by atoms with Gasteiger partial charge in [-0.1, -0.05) is 18.2 Å². The summed E-state index contributed by atoms with van der Waals surface area (Å²) >= 11 is 0. The largest absolute Gasteiger partial charge is 0.494 e. The molecule has 0 aliphatic heterocycles. The number of rotatable bonds is 9. The van der Waals surface area contributed by atoms with Gasteiger partial charge in [0.15, 0.2) is 0 Å². The standard InChI is InChI=1S/C22H25N3O3/c1-3-27-20-7-5-4-6-17(20)8-13-22(26)24-18-9-11-19(12-10-18)28-16-21-23-14-15-25(21)2/h4-7,9-12,14-15H,3,8,13,16H2,1-2H3,(H,24,26). The van der Waals surface area contributed by atoms with Crippen molar-refractivity contribution in [1.29, 1.82) is 0 Å². The number of imidazole rings is 1. The fourth-order valence-corrected chi connectivity index (χ4v) is 2.80. The third-order valence-corrected chi connectivity index (χ3v) is 4.32. The fraction of sp³-hybridized carbons (Fsp3) is 0.273. The lowest BCUT2D eigenvalue weighted by Crippen LogP contribution is -2.12. The fourth-order valence-electron chi connectivity index (χ4n) is 2.80. The zero-order valence-corrected chi connectivity index (χ0v) is 16.2. The molecule has 0 radical (unpaired) electrons. The van der Waals surface area contributed by atoms with Gasteiger partial charge in [-0.2, -0.15) is 0 Å². The van der Waals surface area contributed by atoms with E-state index in [0.717, 1.165) is 28.6 Å². The van der Waals surface area contributed by atoms with Crippen LogP contribution in [0.3, 0.4) is 0 Å². The number of nitrogens with one attached hydrogen (secondary N) is 1. The minimum atomic E-state index is -0.0343. The molecule has 0 aliphatic carbocycles. The highest BCUT2D eigenvalue weighted by Gasteiger charge is 2.07. The van der Waals surface area contributed by atoms with E-state index in [1.165, 1.54) is 0 Å². The number of amides is 1. The van der Waals surface area contributed by atoms with Crippen molar-refractivity contribution in [2.45, 2.75) is 26.4 Å². The highest BCUT2D eigenvalue weighted by atomic mass is 16.5. The highest BCUT2D eigenvalue weighted by Crippen LogP contribution is 2.20. The van der Waals surface area contributed by atoms with Gasteiger partial charge in [0.05, 0.1) is 6.61 Å². The SMILES string of the molecule is CCOc1ccccc1CCC(=O)Nc1ccc(OCc2nccn2C)cc1. The van der Waals surface area contributed by atoms with Gasteiger partial charge in [-0.05, 0) is 49.2 Å². The lowest BCUT2D eigenvalue weighted by molar-refractivity contribution is -0.116. The smallest absolute Gasteiger partial charge is 0.224 e. The Bertz CT molecular complexity index is 903. The summed E-state index contributed by atoms with van der Waals surface area (Å²) in [4.78, 5) is 16.5. The lowest BCUT2D eigenvalue weighted by Gasteiger charge is -2.10. The Kier molecular flexibility index (Phi) is 6.68. The predicted octanol–water partition coefficient (Wildman–Crippen LogP) is 3.97. The van der Waals surface area contributed by atoms with Gasteiger partial charge >= 0.3 is 0 Å². The van der Waals surface area contributed by atoms with Gasteiger partial charge in [-0.15, -0.1) is 0 Å². The van der Waals surface area contributed by atoms with Crippen LogP contribution in [0, 0.1) is 0 Å². The minimum Gasteiger partial charge on any atom is -0.494 e. The van der Waals surface area contributed by atoms with Crippen LogP contribution in [0.4, 0.5) is 5.69 Å². The van der Waals surface area contributed by atoms with Crippen molar-refractivity contribution in [2.24, 2.45) is 7.05 Å². The number of aryl methyl sites for hydroxylation is 2. The number of benzene rings is 2. The highest BCUT2D eigenvalue weighted by molar-refractivity contribution is 5.90. The first-order chi connectivity index (χ1) is 13.7. The summed E-state index contributed by atoms with van der Waals surface area (Å²) in [6, 6.07) is 15.2. The molecule has 1 aromatic heterocycles. The Morgan fingerprint density at radius 3 is 2.61 bits per heavy atom. The molecule has 1 heterocycles. The number of aromatic nitrogens is 2. The van der Waals surface area contributed by atoms with Crippen molar-refractivity contribution in [1.82, 2.24) is 9.55 Å². The maximum atomic E-state index is 12.3. The second kappa shape index (κ2) is 9.60. The zero-order valence-electron chi connectivity index (χ0n) is 16.2. The van der Waals surface area contributed by atoms with E-state index in [9.17, 15) is 4.79 Å². The van der Waals surface area contributed by atoms with Crippen LogP contribution in [0.5, 0.6) is 11.5 Å². The maximum Gasteiger partial charge on any atom is 0.224 e. The number of nitrogens with zero attached hydrogens (tertiary/aromatic N) is 2. The maximum absolute atomic E-state index is 12.3. The molecule has 6 heteroatoms. The third kappa shape index (κ3) is 5.36. The molecule has 0 atom stereocenters. The van der Waals surface area contributed by atoms with E-state index < -0.39 is 0 Å². The van der Waals surface area contributed by atoms with Crippen molar-refractivity contribution in [2.75, 3.05) is 11.9 Å². The van der Waals surface area contributed by atoms with Crippen molar-refractivity contribution >= 4 is 11.6 Å². The second-order valence-corrected chi connectivity index (χ2v) is 6.36. The zero-order chi connectivity index (χ0) is 19.8. The Hall–Kier alpha value is -3.28. The molecule has 0 saturated carbocycles. The van der Waals surface area contributed by atoms with Crippen LogP contribution < -0.4 is 14.8 Å². The van der Waals surface area contributed by atoms with E-state index >= 15 is 0 Å². The summed E-state index contributed by atoms with van der Waals surface area (Å²) in [7, 11) is 1.93. The number of para-hydroxylation sites is 1. The molecule has 0 spiro atoms. The van der Waals surface area contributed by atoms with Crippen molar-refractivity contribution in [3.05, 3.63) is 72.3 Å². The van der Waals surface area contributed by atoms with Gasteiger partial charge in [0.1, 0.15) is 23.9 Å². The molecule has 146 valence electrons. The first kappa shape index (κ1) is 19.5. The Labute approximate surface area is 165 Å². The van der Waals surface area contributed by atoms with Crippen LogP contribution in [0.25, 0.3) is 0 Å². The van der Waals surface area contributed by atoms with Gasteiger partial charge in [-0.25, -0.2) is 4.98 Å². The molecule has 6 nitrogen and oxygen atoms in total. The van der Waals surface area contributed by atoms with E-state index in [1.54, 1.807) is 6.20 Å². The number of carbonyl (C=O) groups is 1. The van der Waals surface area contributed by atoms with Gasteiger partial charge in [0.25, 0.3) is 0 Å². The Morgan fingerprint density at radius 2 is 1.89 bits per heavy atom. The molecular formula is C22H25N3O3. The molecule has 1 N–H and O–H groups in total. The van der Waals surface area contributed by atoms with E-state index in [4.69, 9.17) is 9.47 Å². The monoisotopic (exact) mass is 379 g/mol. The molecule has 1 amide bonds. The molecule has 3 aromatic rings. The van der Waals surface area contributed by atoms with Crippen molar-refractivity contribution < 1.29 is 14.3 Å². The normalized spacial score (nSPS) is 10.5. The lowest BCUT2D eigenvalue weighted by atomic mass is 10.1. The van der Waals surface area contributed by atoms with E-state index in [0.29, 0.717) is 26.1 Å². The molecule has 0 saturated heterocycles. The van der Waals surface area contributed by atoms with E-state index in [-0.39, 0.29) is 5.91 Å². The molecule has 0 unspecified atom stereocenters. The van der Waals surface area contributed by atoms with Crippen LogP contribution in [0.2, 0.25) is 0 Å². The van der Waals surface area contributed by atoms with Gasteiger partial charge in [0, 0.05) is 31.5 Å². The first-order valence-electron chi connectivity index (χ1n) is 9.35. The molecule has 0 fully saturated rings. The molecule has 0 aliphatic rings. The summed E-state index contributed by atoms with van der Waals surface area (Å²) in [6.07, 6.45) is 4.64. The summed E-state index contributed by atoms with van der Waals surface area (Å²) in [5.74, 6) is 2.39. The molecule has 2 aromatic carbocycles. The van der Waals surface area contributed by atoms with Crippen LogP contribution >= 0.6 is 0 Å². The minimum absolute atomic E-state index is 0.0343. The van der Waals surface area contributed by atoms with Crippen molar-refractivity contribution in [3.63, 3.8) is 0 Å². The summed E-state index contributed by atoms with van der Waals surface area (Å²) < 4.78 is 13.2. The summed E-state index contributed by atoms with van der Waals surface area (Å²) in [5, 5.41) is 2.92. The third-order valence-electron chi connectivity index (χ3n) is 4.32. The Balaban J connectivity index is 1.48. The topological polar surface area (TPSA) is 65.4 Å². The number of hydrogen-bond acceptors (Lipinski definition) is 4. The predicted molar refractivity (Wildman–Crippen MR) is 109 cm³/mol. The van der Waals surface area contributed by atoms with Crippen molar-refractivity contribution in [3.8, 4) is 11.5 Å². The number of anilines is 1. The van der Waals surface area contributed by atoms with Gasteiger partial charge < -0.3 is 19.4 Å². The average Bonchev–Trinajstić information content (AvgIpc) is 3.12. The molecular weight excluding hydrogens is 354 g/mol. The second-order valence-electron chi connectivity index (χ2n) is 6.36. The quantitative estimate of drug-likeness (QED) is 0.611. The number of hydrogen-bond donors (Lipinski definition) is 1. The van der Waals surface area contributed by atoms with E-state index in [2.05, 4.69) is 10.3 Å². The van der Waals surface area contributed by atoms with Crippen LogP contribution in [0.1, 0.15) is 24.7 Å². The molecule has 0 bridgehead atoms. The van der Waals surface area contributed by atoms with E-state index in [1.807, 2.05) is 73.3 Å². The summed E-state index contributed by atoms with van der Waals surface area (Å²) in [5.41, 5.74) is 1.78. The average molecular weight is 379 g/mol. The molecule has 28 heavy (non-hydrogen) atoms.